The molecule has 0 radical (unpaired) electrons. The summed E-state index contributed by atoms with van der Waals surface area (Å²) in [7, 11) is -2.24. The van der Waals surface area contributed by atoms with E-state index in [0.29, 0.717) is 18.0 Å². The highest BCUT2D eigenvalue weighted by Gasteiger charge is 2.25. The third-order valence-corrected chi connectivity index (χ3v) is 5.49. The van der Waals surface area contributed by atoms with Gasteiger partial charge in [0.2, 0.25) is 15.9 Å². The first-order valence-corrected chi connectivity index (χ1v) is 11.1. The van der Waals surface area contributed by atoms with Crippen molar-refractivity contribution in [1.82, 2.24) is 5.32 Å². The Morgan fingerprint density at radius 3 is 2.38 bits per heavy atom. The van der Waals surface area contributed by atoms with E-state index in [0.717, 1.165) is 27.4 Å². The normalized spacial score (nSPS) is 12.2. The Morgan fingerprint density at radius 1 is 1.17 bits per heavy atom. The van der Waals surface area contributed by atoms with Crippen LogP contribution in [0.3, 0.4) is 0 Å². The van der Waals surface area contributed by atoms with Gasteiger partial charge in [-0.05, 0) is 56.2 Å². The fourth-order valence-corrected chi connectivity index (χ4v) is 3.75. The number of hydrogen-bond donors (Lipinski definition) is 1. The number of aryl methyl sites for hydroxylation is 1. The Kier molecular flexibility index (Phi) is 7.50. The van der Waals surface area contributed by atoms with Crippen LogP contribution in [0.1, 0.15) is 31.0 Å². The Balaban J connectivity index is 2.18. The van der Waals surface area contributed by atoms with Gasteiger partial charge in [-0.3, -0.25) is 9.10 Å². The number of carbonyl (C=O) groups is 1. The van der Waals surface area contributed by atoms with Gasteiger partial charge in [-0.1, -0.05) is 18.2 Å². The average Bonchev–Trinajstić information content (AvgIpc) is 2.66. The molecule has 0 saturated carbocycles. The predicted octanol–water partition coefficient (Wildman–Crippen LogP) is 3.05. The Labute approximate surface area is 172 Å². The lowest BCUT2D eigenvalue weighted by Gasteiger charge is -2.25. The van der Waals surface area contributed by atoms with Crippen LogP contribution in [0.25, 0.3) is 0 Å². The van der Waals surface area contributed by atoms with E-state index >= 15 is 0 Å². The van der Waals surface area contributed by atoms with Gasteiger partial charge in [-0.15, -0.1) is 0 Å². The molecule has 0 aromatic heterocycles. The van der Waals surface area contributed by atoms with E-state index in [1.807, 2.05) is 51.1 Å². The number of carbonyl (C=O) groups excluding carboxylic acids is 1. The molecule has 0 aliphatic rings. The number of ether oxygens (including phenoxy) is 2. The summed E-state index contributed by atoms with van der Waals surface area (Å²) in [5.74, 6) is 0.721. The zero-order valence-corrected chi connectivity index (χ0v) is 18.2. The summed E-state index contributed by atoms with van der Waals surface area (Å²) < 4.78 is 36.5. The molecular formula is C21H28N2O5S. The van der Waals surface area contributed by atoms with Crippen molar-refractivity contribution in [2.24, 2.45) is 0 Å². The molecule has 0 unspecified atom stereocenters. The smallest absolute Gasteiger partial charge is 0.241 e. The van der Waals surface area contributed by atoms with E-state index < -0.39 is 15.9 Å². The summed E-state index contributed by atoms with van der Waals surface area (Å²) >= 11 is 0. The molecule has 2 aromatic rings. The molecule has 0 saturated heterocycles. The maximum Gasteiger partial charge on any atom is 0.241 e. The van der Waals surface area contributed by atoms with E-state index in [1.54, 1.807) is 12.1 Å². The molecule has 29 heavy (non-hydrogen) atoms. The molecule has 1 atom stereocenters. The molecule has 8 heteroatoms. The van der Waals surface area contributed by atoms with Crippen LogP contribution >= 0.6 is 0 Å². The third kappa shape index (κ3) is 6.12. The number of anilines is 1. The summed E-state index contributed by atoms with van der Waals surface area (Å²) in [5, 5.41) is 2.85. The summed E-state index contributed by atoms with van der Waals surface area (Å²) in [5.41, 5.74) is 2.08. The lowest BCUT2D eigenvalue weighted by atomic mass is 10.1. The predicted molar refractivity (Wildman–Crippen MR) is 114 cm³/mol. The number of rotatable bonds is 9. The minimum atomic E-state index is -3.70. The van der Waals surface area contributed by atoms with Crippen LogP contribution in [0, 0.1) is 6.92 Å². The van der Waals surface area contributed by atoms with Gasteiger partial charge in [0.1, 0.15) is 18.0 Å². The SMILES string of the molecule is CCOc1ccc([C@@H](C)NC(=O)CN(c2cc(C)ccc2OC)S(C)(=O)=O)cc1. The number of hydrogen-bond acceptors (Lipinski definition) is 5. The Morgan fingerprint density at radius 2 is 1.83 bits per heavy atom. The summed E-state index contributed by atoms with van der Waals surface area (Å²) in [6.07, 6.45) is 1.07. The van der Waals surface area contributed by atoms with E-state index in [9.17, 15) is 13.2 Å². The van der Waals surface area contributed by atoms with Gasteiger partial charge in [-0.2, -0.15) is 0 Å². The molecule has 0 heterocycles. The number of nitrogens with one attached hydrogen (secondary N) is 1. The van der Waals surface area contributed by atoms with Crippen LogP contribution in [0.4, 0.5) is 5.69 Å². The van der Waals surface area contributed by atoms with E-state index in [4.69, 9.17) is 9.47 Å². The van der Waals surface area contributed by atoms with Gasteiger partial charge < -0.3 is 14.8 Å². The first kappa shape index (κ1) is 22.5. The molecule has 158 valence electrons. The third-order valence-electron chi connectivity index (χ3n) is 4.36. The standard InChI is InChI=1S/C21H28N2O5S/c1-6-28-18-10-8-17(9-11-18)16(3)22-21(24)14-23(29(5,25)26)19-13-15(2)7-12-20(19)27-4/h7-13,16H,6,14H2,1-5H3,(H,22,24)/t16-/m1/s1. The zero-order valence-electron chi connectivity index (χ0n) is 17.4. The van der Waals surface area contributed by atoms with Crippen molar-refractivity contribution in [2.45, 2.75) is 26.8 Å². The van der Waals surface area contributed by atoms with Crippen LogP contribution in [0.2, 0.25) is 0 Å². The number of sulfonamides is 1. The number of methoxy groups -OCH3 is 1. The lowest BCUT2D eigenvalue weighted by Crippen LogP contribution is -2.41. The maximum atomic E-state index is 12.6. The van der Waals surface area contributed by atoms with Gasteiger partial charge in [0, 0.05) is 0 Å². The van der Waals surface area contributed by atoms with E-state index in [1.165, 1.54) is 7.11 Å². The summed E-state index contributed by atoms with van der Waals surface area (Å²) in [6, 6.07) is 12.3. The molecule has 2 aromatic carbocycles. The molecule has 1 amide bonds. The van der Waals surface area contributed by atoms with Crippen LogP contribution in [-0.2, 0) is 14.8 Å². The molecule has 2 rings (SSSR count). The Hall–Kier alpha value is -2.74. The molecule has 0 aliphatic carbocycles. The molecule has 0 bridgehead atoms. The van der Waals surface area contributed by atoms with Crippen molar-refractivity contribution in [3.05, 3.63) is 53.6 Å². The number of nitrogens with zero attached hydrogens (tertiary/aromatic N) is 1. The van der Waals surface area contributed by atoms with Crippen molar-refractivity contribution < 1.29 is 22.7 Å². The second kappa shape index (κ2) is 9.65. The van der Waals surface area contributed by atoms with Crippen LogP contribution < -0.4 is 19.1 Å². The van der Waals surface area contributed by atoms with Crippen LogP contribution in [0.5, 0.6) is 11.5 Å². The van der Waals surface area contributed by atoms with Gasteiger partial charge >= 0.3 is 0 Å². The summed E-state index contributed by atoms with van der Waals surface area (Å²) in [4.78, 5) is 12.6. The first-order valence-electron chi connectivity index (χ1n) is 9.30. The molecule has 7 nitrogen and oxygen atoms in total. The lowest BCUT2D eigenvalue weighted by molar-refractivity contribution is -0.120. The second-order valence-electron chi connectivity index (χ2n) is 6.74. The van der Waals surface area contributed by atoms with Gasteiger partial charge in [-0.25, -0.2) is 8.42 Å². The minimum Gasteiger partial charge on any atom is -0.495 e. The van der Waals surface area contributed by atoms with Crippen LogP contribution in [0.15, 0.2) is 42.5 Å². The van der Waals surface area contributed by atoms with Crippen LogP contribution in [-0.4, -0.2) is 40.8 Å². The first-order chi connectivity index (χ1) is 13.7. The van der Waals surface area contributed by atoms with Gasteiger partial charge in [0.05, 0.1) is 31.7 Å². The molecule has 1 N–H and O–H groups in total. The molecule has 0 fully saturated rings. The van der Waals surface area contributed by atoms with Gasteiger partial charge in [0.15, 0.2) is 0 Å². The zero-order chi connectivity index (χ0) is 21.6. The van der Waals surface area contributed by atoms with E-state index in [2.05, 4.69) is 5.32 Å². The molecule has 0 aliphatic heterocycles. The maximum absolute atomic E-state index is 12.6. The highest BCUT2D eigenvalue weighted by atomic mass is 32.2. The largest absolute Gasteiger partial charge is 0.495 e. The minimum absolute atomic E-state index is 0.293. The number of amides is 1. The van der Waals surface area contributed by atoms with E-state index in [-0.39, 0.29) is 12.6 Å². The van der Waals surface area contributed by atoms with Crippen molar-refractivity contribution >= 4 is 21.6 Å². The molecular weight excluding hydrogens is 392 g/mol. The monoisotopic (exact) mass is 420 g/mol. The summed E-state index contributed by atoms with van der Waals surface area (Å²) in [6.45, 7) is 5.83. The highest BCUT2D eigenvalue weighted by molar-refractivity contribution is 7.92. The average molecular weight is 421 g/mol. The second-order valence-corrected chi connectivity index (χ2v) is 8.64. The number of benzene rings is 2. The fraction of sp³-hybridized carbons (Fsp3) is 0.381. The Bertz CT molecular complexity index is 942. The van der Waals surface area contributed by atoms with Crippen molar-refractivity contribution in [1.29, 1.82) is 0 Å². The van der Waals surface area contributed by atoms with Crippen molar-refractivity contribution in [2.75, 3.05) is 30.8 Å². The topological polar surface area (TPSA) is 84.9 Å². The van der Waals surface area contributed by atoms with Crippen molar-refractivity contribution in [3.8, 4) is 11.5 Å². The highest BCUT2D eigenvalue weighted by Crippen LogP contribution is 2.31. The molecule has 0 spiro atoms. The quantitative estimate of drug-likeness (QED) is 0.674. The fourth-order valence-electron chi connectivity index (χ4n) is 2.90. The van der Waals surface area contributed by atoms with Crippen molar-refractivity contribution in [3.63, 3.8) is 0 Å². The van der Waals surface area contributed by atoms with Gasteiger partial charge in [0.25, 0.3) is 0 Å².